The van der Waals surface area contributed by atoms with E-state index in [0.29, 0.717) is 5.57 Å². The number of hydrogen-bond donors (Lipinski definition) is 4. The van der Waals surface area contributed by atoms with Crippen molar-refractivity contribution in [3.63, 3.8) is 0 Å². The van der Waals surface area contributed by atoms with Crippen LogP contribution in [0.1, 0.15) is 64.6 Å². The zero-order chi connectivity index (χ0) is 31.1. The Morgan fingerprint density at radius 3 is 2.20 bits per heavy atom. The monoisotopic (exact) mass is 565 g/mol. The summed E-state index contributed by atoms with van der Waals surface area (Å²) in [6.07, 6.45) is -5.04. The van der Waals surface area contributed by atoms with Crippen molar-refractivity contribution in [3.05, 3.63) is 94.6 Å². The number of carbonyl (C=O) groups is 3. The number of ketones is 1. The highest BCUT2D eigenvalue weighted by molar-refractivity contribution is 6.48. The molecule has 212 valence electrons. The van der Waals surface area contributed by atoms with Crippen LogP contribution < -0.4 is 5.32 Å². The number of benzene rings is 3. The number of amides is 1. The second-order valence-electron chi connectivity index (χ2n) is 8.52. The van der Waals surface area contributed by atoms with Gasteiger partial charge in [0.15, 0.2) is 5.78 Å². The Bertz CT molecular complexity index is 1590. The Morgan fingerprint density at radius 1 is 1.00 bits per heavy atom. The van der Waals surface area contributed by atoms with Crippen LogP contribution in [0.2, 0.25) is 0 Å². The number of phenolic OH excluding ortho intramolecular Hbond substituents is 1. The van der Waals surface area contributed by atoms with Gasteiger partial charge in [0.25, 0.3) is 5.91 Å². The fourth-order valence-electron chi connectivity index (χ4n) is 3.78. The lowest BCUT2D eigenvalue weighted by molar-refractivity contribution is -0.137. The van der Waals surface area contributed by atoms with E-state index >= 15 is 0 Å². The maximum Gasteiger partial charge on any atom is 0.417 e. The molecule has 0 saturated carbocycles. The van der Waals surface area contributed by atoms with Crippen molar-refractivity contribution in [1.29, 1.82) is 10.7 Å². The van der Waals surface area contributed by atoms with Gasteiger partial charge in [0.2, 0.25) is 0 Å². The van der Waals surface area contributed by atoms with E-state index < -0.39 is 57.6 Å². The minimum Gasteiger partial charge on any atom is -0.507 e. The number of nitrogens with zero attached hydrogens (tertiary/aromatic N) is 1. The fourth-order valence-corrected chi connectivity index (χ4v) is 3.78. The van der Waals surface area contributed by atoms with Crippen LogP contribution >= 0.6 is 0 Å². The van der Waals surface area contributed by atoms with Crippen molar-refractivity contribution in [2.24, 2.45) is 0 Å². The molecule has 8 nitrogen and oxygen atoms in total. The molecular weight excluding hydrogens is 539 g/mol. The smallest absolute Gasteiger partial charge is 0.417 e. The van der Waals surface area contributed by atoms with Crippen LogP contribution in [-0.4, -0.2) is 33.6 Å². The molecular formula is C30H26F3N3O5. The summed E-state index contributed by atoms with van der Waals surface area (Å²) in [5.74, 6) is -4.04. The average molecular weight is 566 g/mol. The molecule has 3 aromatic carbocycles. The summed E-state index contributed by atoms with van der Waals surface area (Å²) >= 11 is 0. The van der Waals surface area contributed by atoms with E-state index in [-0.39, 0.29) is 28.8 Å². The third-order valence-electron chi connectivity index (χ3n) is 5.54. The first kappa shape index (κ1) is 32.0. The number of alkyl halides is 3. The van der Waals surface area contributed by atoms with Gasteiger partial charge in [0.05, 0.1) is 28.4 Å². The fraction of sp³-hybridized carbons (Fsp3) is 0.167. The number of hydrogen-bond acceptors (Lipinski definition) is 6. The molecule has 0 fully saturated rings. The first-order valence-electron chi connectivity index (χ1n) is 12.1. The number of carboxylic acid groups (broad SMARTS) is 1. The third-order valence-corrected chi connectivity index (χ3v) is 5.54. The zero-order valence-corrected chi connectivity index (χ0v) is 22.3. The Kier molecular flexibility index (Phi) is 10.3. The number of halogens is 3. The van der Waals surface area contributed by atoms with Gasteiger partial charge in [-0.1, -0.05) is 44.2 Å². The number of phenols is 1. The van der Waals surface area contributed by atoms with Crippen LogP contribution in [0, 0.1) is 16.7 Å². The van der Waals surface area contributed by atoms with Gasteiger partial charge in [-0.2, -0.15) is 18.4 Å². The number of anilines is 1. The van der Waals surface area contributed by atoms with Gasteiger partial charge >= 0.3 is 12.1 Å². The summed E-state index contributed by atoms with van der Waals surface area (Å²) < 4.78 is 41.5. The summed E-state index contributed by atoms with van der Waals surface area (Å²) in [5.41, 5.74) is -3.74. The molecule has 0 heterocycles. The Balaban J connectivity index is 0.00000287. The lowest BCUT2D eigenvalue weighted by Crippen LogP contribution is -2.24. The van der Waals surface area contributed by atoms with Crippen LogP contribution in [0.3, 0.4) is 0 Å². The molecule has 1 amide bonds. The summed E-state index contributed by atoms with van der Waals surface area (Å²) in [6.45, 7) is 9.18. The standard InChI is InChI=1S/C28H20F3N3O5.C2H6/c1-14(2)9-23(35)18-12-24(36)20(11-17(18)16-5-3-4-6-21(16)28(29,30)31)25(33)26(37)34-22-8-7-15(13-32)10-19(22)27(38)39;1-2/h3-8,10-12,33,36H,1,9H2,2H3,(H,34,37)(H,38,39);1-2H3. The Labute approximate surface area is 233 Å². The normalized spacial score (nSPS) is 10.5. The molecule has 4 N–H and O–H groups in total. The van der Waals surface area contributed by atoms with Gasteiger partial charge in [-0.3, -0.25) is 15.0 Å². The number of nitriles is 1. The maximum atomic E-state index is 13.8. The molecule has 0 spiro atoms. The lowest BCUT2D eigenvalue weighted by Gasteiger charge is -2.18. The maximum absolute atomic E-state index is 13.8. The predicted molar refractivity (Wildman–Crippen MR) is 147 cm³/mol. The topological polar surface area (TPSA) is 151 Å². The number of carboxylic acids is 1. The van der Waals surface area contributed by atoms with E-state index in [1.807, 2.05) is 13.8 Å². The second-order valence-corrected chi connectivity index (χ2v) is 8.52. The van der Waals surface area contributed by atoms with Crippen molar-refractivity contribution >= 4 is 29.1 Å². The molecule has 3 rings (SSSR count). The highest BCUT2D eigenvalue weighted by Gasteiger charge is 2.35. The zero-order valence-electron chi connectivity index (χ0n) is 22.3. The van der Waals surface area contributed by atoms with E-state index in [4.69, 9.17) is 10.7 Å². The summed E-state index contributed by atoms with van der Waals surface area (Å²) in [7, 11) is 0. The van der Waals surface area contributed by atoms with Crippen LogP contribution in [0.5, 0.6) is 5.75 Å². The Hall–Kier alpha value is -5.24. The van der Waals surface area contributed by atoms with Gasteiger partial charge < -0.3 is 15.5 Å². The molecule has 11 heteroatoms. The highest BCUT2D eigenvalue weighted by atomic mass is 19.4. The van der Waals surface area contributed by atoms with Crippen LogP contribution in [0.25, 0.3) is 11.1 Å². The molecule has 0 aliphatic heterocycles. The predicted octanol–water partition coefficient (Wildman–Crippen LogP) is 6.83. The van der Waals surface area contributed by atoms with Crippen molar-refractivity contribution in [2.45, 2.75) is 33.4 Å². The largest absolute Gasteiger partial charge is 0.507 e. The van der Waals surface area contributed by atoms with E-state index in [1.165, 1.54) is 12.1 Å². The van der Waals surface area contributed by atoms with Gasteiger partial charge in [-0.25, -0.2) is 4.79 Å². The number of aromatic hydroxyl groups is 1. The summed E-state index contributed by atoms with van der Waals surface area (Å²) in [5, 5.41) is 39.5. The van der Waals surface area contributed by atoms with E-state index in [0.717, 1.165) is 42.5 Å². The van der Waals surface area contributed by atoms with Crippen molar-refractivity contribution in [2.75, 3.05) is 5.32 Å². The number of rotatable bonds is 8. The van der Waals surface area contributed by atoms with E-state index in [1.54, 1.807) is 13.0 Å². The van der Waals surface area contributed by atoms with Crippen LogP contribution in [0.4, 0.5) is 18.9 Å². The van der Waals surface area contributed by atoms with Crippen molar-refractivity contribution < 1.29 is 37.8 Å². The van der Waals surface area contributed by atoms with Gasteiger partial charge in [0.1, 0.15) is 11.5 Å². The van der Waals surface area contributed by atoms with Crippen molar-refractivity contribution in [3.8, 4) is 22.9 Å². The number of Topliss-reactive ketones (excluding diaryl/α,β-unsaturated/α-hetero) is 1. The summed E-state index contributed by atoms with van der Waals surface area (Å²) in [6, 6.07) is 11.4. The number of aromatic carboxylic acids is 1. The van der Waals surface area contributed by atoms with E-state index in [2.05, 4.69) is 11.9 Å². The molecule has 0 aliphatic rings. The SMILES string of the molecule is C=C(C)CC(=O)c1cc(O)c(C(=N)C(=O)Nc2ccc(C#N)cc2C(=O)O)cc1-c1ccccc1C(F)(F)F.CC. The number of nitrogens with one attached hydrogen (secondary N) is 2. The van der Waals surface area contributed by atoms with Gasteiger partial charge in [0, 0.05) is 17.5 Å². The molecule has 0 aromatic heterocycles. The molecule has 0 radical (unpaired) electrons. The van der Waals surface area contributed by atoms with Crippen LogP contribution in [-0.2, 0) is 11.0 Å². The van der Waals surface area contributed by atoms with E-state index in [9.17, 15) is 37.8 Å². The summed E-state index contributed by atoms with van der Waals surface area (Å²) in [4.78, 5) is 37.4. The van der Waals surface area contributed by atoms with Crippen LogP contribution in [0.15, 0.2) is 66.7 Å². The lowest BCUT2D eigenvalue weighted by atomic mass is 9.88. The highest BCUT2D eigenvalue weighted by Crippen LogP contribution is 2.40. The molecule has 0 aliphatic carbocycles. The Morgan fingerprint density at radius 2 is 1.63 bits per heavy atom. The molecule has 0 saturated heterocycles. The number of allylic oxidation sites excluding steroid dienone is 1. The molecule has 0 unspecified atom stereocenters. The quantitative estimate of drug-likeness (QED) is 0.133. The third kappa shape index (κ3) is 7.45. The molecule has 0 atom stereocenters. The van der Waals surface area contributed by atoms with Crippen molar-refractivity contribution in [1.82, 2.24) is 0 Å². The minimum absolute atomic E-state index is 0.00103. The van der Waals surface area contributed by atoms with Gasteiger partial charge in [-0.05, 0) is 54.4 Å². The first-order chi connectivity index (χ1) is 19.2. The minimum atomic E-state index is -4.81. The second kappa shape index (κ2) is 13.2. The molecule has 0 bridgehead atoms. The number of carbonyl (C=O) groups excluding carboxylic acids is 2. The first-order valence-corrected chi connectivity index (χ1v) is 12.1. The molecule has 41 heavy (non-hydrogen) atoms. The average Bonchev–Trinajstić information content (AvgIpc) is 2.92. The molecule has 3 aromatic rings. The van der Waals surface area contributed by atoms with Gasteiger partial charge in [-0.15, -0.1) is 0 Å².